The lowest BCUT2D eigenvalue weighted by molar-refractivity contribution is -0.150. The van der Waals surface area contributed by atoms with E-state index in [9.17, 15) is 14.0 Å². The summed E-state index contributed by atoms with van der Waals surface area (Å²) >= 11 is 0. The molecule has 0 bridgehead atoms. The van der Waals surface area contributed by atoms with Gasteiger partial charge in [0.15, 0.2) is 13.2 Å². The second kappa shape index (κ2) is 10.0. The standard InChI is InChI=1S/C19H20FNO5/c1-2-24-16-7-9-17(10-8-16)25-13-19(23)26-12-18(22)21-11-14-3-5-15(20)6-4-14/h3-10H,2,11-13H2,1H3,(H,21,22). The first-order valence-electron chi connectivity index (χ1n) is 8.09. The molecule has 2 rings (SSSR count). The smallest absolute Gasteiger partial charge is 0.344 e. The summed E-state index contributed by atoms with van der Waals surface area (Å²) in [5.74, 6) is -0.257. The van der Waals surface area contributed by atoms with Gasteiger partial charge in [-0.3, -0.25) is 4.79 Å². The summed E-state index contributed by atoms with van der Waals surface area (Å²) < 4.78 is 28.2. The zero-order valence-corrected chi connectivity index (χ0v) is 14.4. The SMILES string of the molecule is CCOc1ccc(OCC(=O)OCC(=O)NCc2ccc(F)cc2)cc1. The Kier molecular flexibility index (Phi) is 7.42. The highest BCUT2D eigenvalue weighted by Crippen LogP contribution is 2.17. The van der Waals surface area contributed by atoms with E-state index in [1.165, 1.54) is 12.1 Å². The van der Waals surface area contributed by atoms with E-state index in [1.807, 2.05) is 6.92 Å². The average molecular weight is 361 g/mol. The van der Waals surface area contributed by atoms with Gasteiger partial charge in [0.05, 0.1) is 6.61 Å². The molecule has 7 heteroatoms. The summed E-state index contributed by atoms with van der Waals surface area (Å²) in [6.07, 6.45) is 0. The van der Waals surface area contributed by atoms with E-state index >= 15 is 0 Å². The van der Waals surface area contributed by atoms with E-state index in [0.717, 1.165) is 5.56 Å². The highest BCUT2D eigenvalue weighted by atomic mass is 19.1. The minimum absolute atomic E-state index is 0.222. The molecule has 0 heterocycles. The van der Waals surface area contributed by atoms with Gasteiger partial charge in [0.1, 0.15) is 17.3 Å². The lowest BCUT2D eigenvalue weighted by Gasteiger charge is -2.09. The van der Waals surface area contributed by atoms with Crippen molar-refractivity contribution in [1.82, 2.24) is 5.32 Å². The fraction of sp³-hybridized carbons (Fsp3) is 0.263. The molecule has 0 aliphatic carbocycles. The molecule has 138 valence electrons. The second-order valence-corrected chi connectivity index (χ2v) is 5.26. The van der Waals surface area contributed by atoms with Gasteiger partial charge in [0.25, 0.3) is 5.91 Å². The third kappa shape index (κ3) is 6.80. The van der Waals surface area contributed by atoms with E-state index in [0.29, 0.717) is 18.1 Å². The molecule has 0 atom stereocenters. The first-order valence-corrected chi connectivity index (χ1v) is 8.09. The molecule has 6 nitrogen and oxygen atoms in total. The molecule has 1 amide bonds. The van der Waals surface area contributed by atoms with Crippen LogP contribution in [0.5, 0.6) is 11.5 Å². The predicted octanol–water partition coefficient (Wildman–Crippen LogP) is 2.46. The first-order chi connectivity index (χ1) is 12.6. The van der Waals surface area contributed by atoms with E-state index in [4.69, 9.17) is 14.2 Å². The van der Waals surface area contributed by atoms with Gasteiger partial charge in [0, 0.05) is 6.54 Å². The van der Waals surface area contributed by atoms with Crippen molar-refractivity contribution in [2.45, 2.75) is 13.5 Å². The van der Waals surface area contributed by atoms with Crippen LogP contribution >= 0.6 is 0 Å². The second-order valence-electron chi connectivity index (χ2n) is 5.26. The maximum absolute atomic E-state index is 12.8. The third-order valence-electron chi connectivity index (χ3n) is 3.26. The lowest BCUT2D eigenvalue weighted by atomic mass is 10.2. The molecular weight excluding hydrogens is 341 g/mol. The van der Waals surface area contributed by atoms with Crippen LogP contribution in [0.4, 0.5) is 4.39 Å². The monoisotopic (exact) mass is 361 g/mol. The van der Waals surface area contributed by atoms with Gasteiger partial charge in [-0.05, 0) is 48.9 Å². The number of benzene rings is 2. The minimum atomic E-state index is -0.657. The Hall–Kier alpha value is -3.09. The molecule has 0 aliphatic heterocycles. The Bertz CT molecular complexity index is 716. The molecule has 2 aromatic rings. The van der Waals surface area contributed by atoms with E-state index in [2.05, 4.69) is 5.32 Å². The molecule has 0 radical (unpaired) electrons. The zero-order valence-electron chi connectivity index (χ0n) is 14.4. The summed E-state index contributed by atoms with van der Waals surface area (Å²) in [5.41, 5.74) is 0.741. The topological polar surface area (TPSA) is 73.9 Å². The van der Waals surface area contributed by atoms with Crippen LogP contribution in [0.15, 0.2) is 48.5 Å². The summed E-state index contributed by atoms with van der Waals surface area (Å²) in [7, 11) is 0. The highest BCUT2D eigenvalue weighted by molar-refractivity contribution is 5.80. The molecule has 2 aromatic carbocycles. The lowest BCUT2D eigenvalue weighted by Crippen LogP contribution is -2.29. The van der Waals surface area contributed by atoms with Crippen molar-refractivity contribution < 1.29 is 28.2 Å². The molecule has 26 heavy (non-hydrogen) atoms. The zero-order chi connectivity index (χ0) is 18.8. The van der Waals surface area contributed by atoms with Crippen LogP contribution in [-0.4, -0.2) is 31.7 Å². The third-order valence-corrected chi connectivity index (χ3v) is 3.26. The molecule has 0 spiro atoms. The average Bonchev–Trinajstić information content (AvgIpc) is 2.65. The van der Waals surface area contributed by atoms with Gasteiger partial charge in [-0.15, -0.1) is 0 Å². The Morgan fingerprint density at radius 2 is 1.54 bits per heavy atom. The first kappa shape index (κ1) is 19.2. The van der Waals surface area contributed by atoms with Gasteiger partial charge in [0.2, 0.25) is 0 Å². The number of carbonyl (C=O) groups is 2. The highest BCUT2D eigenvalue weighted by Gasteiger charge is 2.08. The molecule has 1 N–H and O–H groups in total. The molecule has 0 unspecified atom stereocenters. The molecule has 0 saturated heterocycles. The Morgan fingerprint density at radius 1 is 0.923 bits per heavy atom. The largest absolute Gasteiger partial charge is 0.494 e. The normalized spacial score (nSPS) is 10.1. The molecule has 0 fully saturated rings. The maximum atomic E-state index is 12.8. The fourth-order valence-corrected chi connectivity index (χ4v) is 1.98. The van der Waals surface area contributed by atoms with Crippen molar-refractivity contribution in [2.24, 2.45) is 0 Å². The Labute approximate surface area is 150 Å². The van der Waals surface area contributed by atoms with Gasteiger partial charge in [-0.25, -0.2) is 9.18 Å². The number of amides is 1. The van der Waals surface area contributed by atoms with Crippen LogP contribution in [0, 0.1) is 5.82 Å². The maximum Gasteiger partial charge on any atom is 0.344 e. The van der Waals surface area contributed by atoms with Gasteiger partial charge < -0.3 is 19.5 Å². The van der Waals surface area contributed by atoms with E-state index in [1.54, 1.807) is 36.4 Å². The molecule has 0 saturated carbocycles. The van der Waals surface area contributed by atoms with E-state index in [-0.39, 0.29) is 19.0 Å². The van der Waals surface area contributed by atoms with Gasteiger partial charge in [-0.2, -0.15) is 0 Å². The number of hydrogen-bond donors (Lipinski definition) is 1. The van der Waals surface area contributed by atoms with Crippen LogP contribution in [-0.2, 0) is 20.9 Å². The number of carbonyl (C=O) groups excluding carboxylic acids is 2. The van der Waals surface area contributed by atoms with Crippen molar-refractivity contribution in [3.8, 4) is 11.5 Å². The number of esters is 1. The van der Waals surface area contributed by atoms with Crippen molar-refractivity contribution in [3.05, 3.63) is 59.9 Å². The number of nitrogens with one attached hydrogen (secondary N) is 1. The molecule has 0 aromatic heterocycles. The van der Waals surface area contributed by atoms with Crippen LogP contribution in [0.3, 0.4) is 0 Å². The summed E-state index contributed by atoms with van der Waals surface area (Å²) in [5, 5.41) is 2.57. The molecular formula is C19H20FNO5. The van der Waals surface area contributed by atoms with Crippen LogP contribution in [0.2, 0.25) is 0 Å². The van der Waals surface area contributed by atoms with Crippen LogP contribution < -0.4 is 14.8 Å². The number of ether oxygens (including phenoxy) is 3. The minimum Gasteiger partial charge on any atom is -0.494 e. The van der Waals surface area contributed by atoms with Gasteiger partial charge >= 0.3 is 5.97 Å². The summed E-state index contributed by atoms with van der Waals surface area (Å²) in [6.45, 7) is 1.96. The van der Waals surface area contributed by atoms with Crippen molar-refractivity contribution in [2.75, 3.05) is 19.8 Å². The number of halogens is 1. The molecule has 0 aliphatic rings. The summed E-state index contributed by atoms with van der Waals surface area (Å²) in [6, 6.07) is 12.5. The predicted molar refractivity (Wildman–Crippen MR) is 92.3 cm³/mol. The van der Waals surface area contributed by atoms with Gasteiger partial charge in [-0.1, -0.05) is 12.1 Å². The Morgan fingerprint density at radius 3 is 2.15 bits per heavy atom. The number of rotatable bonds is 9. The van der Waals surface area contributed by atoms with Crippen LogP contribution in [0.1, 0.15) is 12.5 Å². The van der Waals surface area contributed by atoms with Crippen LogP contribution in [0.25, 0.3) is 0 Å². The Balaban J connectivity index is 1.64. The van der Waals surface area contributed by atoms with Crippen molar-refractivity contribution >= 4 is 11.9 Å². The van der Waals surface area contributed by atoms with Crippen molar-refractivity contribution in [1.29, 1.82) is 0 Å². The van der Waals surface area contributed by atoms with E-state index < -0.39 is 18.5 Å². The summed E-state index contributed by atoms with van der Waals surface area (Å²) in [4.78, 5) is 23.3. The van der Waals surface area contributed by atoms with Crippen molar-refractivity contribution in [3.63, 3.8) is 0 Å². The fourth-order valence-electron chi connectivity index (χ4n) is 1.98. The number of hydrogen-bond acceptors (Lipinski definition) is 5. The quantitative estimate of drug-likeness (QED) is 0.695.